The molecule has 0 saturated heterocycles. The molecule has 1 amide bonds. The molecule has 23 heavy (non-hydrogen) atoms. The first-order valence-corrected chi connectivity index (χ1v) is 7.47. The summed E-state index contributed by atoms with van der Waals surface area (Å²) < 4.78 is 10.4. The molecule has 0 radical (unpaired) electrons. The largest absolute Gasteiger partial charge is 0.481 e. The Morgan fingerprint density at radius 3 is 2.39 bits per heavy atom. The number of carbonyl (C=O) groups is 2. The zero-order valence-electron chi connectivity index (χ0n) is 13.8. The van der Waals surface area contributed by atoms with Crippen LogP contribution in [0.15, 0.2) is 18.3 Å². The number of methoxy groups -OCH3 is 1. The van der Waals surface area contributed by atoms with E-state index in [4.69, 9.17) is 9.47 Å². The van der Waals surface area contributed by atoms with Gasteiger partial charge in [0.2, 0.25) is 5.88 Å². The highest BCUT2D eigenvalue weighted by molar-refractivity contribution is 5.82. The topological polar surface area (TPSA) is 89.0 Å². The van der Waals surface area contributed by atoms with E-state index in [2.05, 4.69) is 4.98 Å². The van der Waals surface area contributed by atoms with Crippen molar-refractivity contribution in [2.24, 2.45) is 0 Å². The van der Waals surface area contributed by atoms with Gasteiger partial charge in [-0.3, -0.25) is 4.90 Å². The lowest BCUT2D eigenvalue weighted by molar-refractivity contribution is -0.143. The summed E-state index contributed by atoms with van der Waals surface area (Å²) in [5.74, 6) is -0.733. The molecule has 1 unspecified atom stereocenters. The Morgan fingerprint density at radius 1 is 1.35 bits per heavy atom. The summed E-state index contributed by atoms with van der Waals surface area (Å²) in [7, 11) is 1.48. The maximum Gasteiger partial charge on any atom is 0.411 e. The molecule has 1 aliphatic rings. The zero-order chi connectivity index (χ0) is 17.2. The summed E-state index contributed by atoms with van der Waals surface area (Å²) in [6, 6.07) is 1.93. The Labute approximate surface area is 135 Å². The fourth-order valence-corrected chi connectivity index (χ4v) is 2.23. The molecule has 0 aromatic carbocycles. The van der Waals surface area contributed by atoms with Gasteiger partial charge >= 0.3 is 12.1 Å². The van der Waals surface area contributed by atoms with Gasteiger partial charge < -0.3 is 14.6 Å². The molecule has 0 spiro atoms. The van der Waals surface area contributed by atoms with Crippen molar-refractivity contribution in [2.45, 2.75) is 51.3 Å². The van der Waals surface area contributed by atoms with E-state index in [0.29, 0.717) is 11.4 Å². The molecular formula is C16H22N2O5. The van der Waals surface area contributed by atoms with Crippen LogP contribution in [-0.4, -0.2) is 45.8 Å². The molecule has 126 valence electrons. The van der Waals surface area contributed by atoms with Crippen molar-refractivity contribution in [1.82, 2.24) is 9.88 Å². The number of carboxylic acids is 1. The van der Waals surface area contributed by atoms with Gasteiger partial charge in [0.05, 0.1) is 7.11 Å². The Hall–Kier alpha value is -2.31. The van der Waals surface area contributed by atoms with Crippen LogP contribution in [0.1, 0.15) is 45.2 Å². The lowest BCUT2D eigenvalue weighted by Crippen LogP contribution is -2.43. The van der Waals surface area contributed by atoms with Crippen molar-refractivity contribution in [2.75, 3.05) is 7.11 Å². The van der Waals surface area contributed by atoms with E-state index in [1.165, 1.54) is 18.2 Å². The van der Waals surface area contributed by atoms with Crippen LogP contribution in [-0.2, 0) is 9.53 Å². The minimum Gasteiger partial charge on any atom is -0.481 e. The fourth-order valence-electron chi connectivity index (χ4n) is 2.23. The van der Waals surface area contributed by atoms with Crippen molar-refractivity contribution in [1.29, 1.82) is 0 Å². The van der Waals surface area contributed by atoms with Gasteiger partial charge in [0.15, 0.2) is 6.04 Å². The number of carbonyl (C=O) groups excluding carboxylic acids is 1. The Morgan fingerprint density at radius 2 is 2.00 bits per heavy atom. The van der Waals surface area contributed by atoms with Crippen LogP contribution in [0.2, 0.25) is 0 Å². The Bertz CT molecular complexity index is 575. The van der Waals surface area contributed by atoms with E-state index >= 15 is 0 Å². The minimum absolute atomic E-state index is 0.118. The lowest BCUT2D eigenvalue weighted by Gasteiger charge is -2.31. The molecule has 0 aliphatic heterocycles. The third-order valence-corrected chi connectivity index (χ3v) is 3.34. The summed E-state index contributed by atoms with van der Waals surface area (Å²) in [4.78, 5) is 29.6. The molecule has 1 aliphatic carbocycles. The second-order valence-electron chi connectivity index (χ2n) is 6.49. The molecule has 2 rings (SSSR count). The highest BCUT2D eigenvalue weighted by atomic mass is 16.6. The first-order chi connectivity index (χ1) is 10.7. The van der Waals surface area contributed by atoms with E-state index in [-0.39, 0.29) is 6.04 Å². The van der Waals surface area contributed by atoms with Gasteiger partial charge in [-0.15, -0.1) is 0 Å². The highest BCUT2D eigenvalue weighted by Gasteiger charge is 2.43. The van der Waals surface area contributed by atoms with Crippen LogP contribution < -0.4 is 4.74 Å². The quantitative estimate of drug-likeness (QED) is 0.896. The molecule has 7 nitrogen and oxygen atoms in total. The highest BCUT2D eigenvalue weighted by Crippen LogP contribution is 2.36. The summed E-state index contributed by atoms with van der Waals surface area (Å²) in [5, 5.41) is 9.64. The SMILES string of the molecule is COc1ccc(C(C(=O)O)N(C(=O)OC(C)(C)C)C2CC2)cn1. The van der Waals surface area contributed by atoms with E-state index in [1.807, 2.05) is 0 Å². The van der Waals surface area contributed by atoms with Crippen molar-refractivity contribution in [3.63, 3.8) is 0 Å². The molecule has 0 bridgehead atoms. The van der Waals surface area contributed by atoms with Gasteiger partial charge in [0.1, 0.15) is 5.60 Å². The van der Waals surface area contributed by atoms with Gasteiger partial charge in [-0.2, -0.15) is 0 Å². The second-order valence-corrected chi connectivity index (χ2v) is 6.49. The standard InChI is InChI=1S/C16H22N2O5/c1-16(2,3)23-15(21)18(11-6-7-11)13(14(19)20)10-5-8-12(22-4)17-9-10/h5,8-9,11,13H,6-7H2,1-4H3,(H,19,20). The Balaban J connectivity index is 2.31. The van der Waals surface area contributed by atoms with Crippen LogP contribution in [0.5, 0.6) is 5.88 Å². The summed E-state index contributed by atoms with van der Waals surface area (Å²) in [6.07, 6.45) is 2.33. The average Bonchev–Trinajstić information content (AvgIpc) is 3.26. The summed E-state index contributed by atoms with van der Waals surface area (Å²) in [6.45, 7) is 5.25. The molecular weight excluding hydrogens is 300 g/mol. The molecule has 1 N–H and O–H groups in total. The van der Waals surface area contributed by atoms with Crippen molar-refractivity contribution >= 4 is 12.1 Å². The van der Waals surface area contributed by atoms with Gasteiger partial charge in [0.25, 0.3) is 0 Å². The number of amides is 1. The van der Waals surface area contributed by atoms with Gasteiger partial charge in [-0.25, -0.2) is 14.6 Å². The van der Waals surface area contributed by atoms with Crippen molar-refractivity contribution in [3.8, 4) is 5.88 Å². The molecule has 1 atom stereocenters. The number of hydrogen-bond acceptors (Lipinski definition) is 5. The number of pyridine rings is 1. The minimum atomic E-state index is -1.13. The molecule has 1 heterocycles. The first-order valence-electron chi connectivity index (χ1n) is 7.47. The summed E-state index contributed by atoms with van der Waals surface area (Å²) in [5.41, 5.74) is -0.276. The molecule has 7 heteroatoms. The number of ether oxygens (including phenoxy) is 2. The van der Waals surface area contributed by atoms with E-state index in [1.54, 1.807) is 32.9 Å². The Kier molecular flexibility index (Phi) is 4.77. The van der Waals surface area contributed by atoms with Crippen LogP contribution in [0.4, 0.5) is 4.79 Å². The molecule has 1 saturated carbocycles. The molecule has 1 aromatic heterocycles. The fraction of sp³-hybridized carbons (Fsp3) is 0.562. The van der Waals surface area contributed by atoms with Crippen molar-refractivity contribution < 1.29 is 24.2 Å². The smallest absolute Gasteiger partial charge is 0.411 e. The normalized spacial score (nSPS) is 15.7. The van der Waals surface area contributed by atoms with Gasteiger partial charge in [0, 0.05) is 23.9 Å². The van der Waals surface area contributed by atoms with Crippen LogP contribution >= 0.6 is 0 Å². The second kappa shape index (κ2) is 6.44. The average molecular weight is 322 g/mol. The van der Waals surface area contributed by atoms with Crippen molar-refractivity contribution in [3.05, 3.63) is 23.9 Å². The predicted octanol–water partition coefficient (Wildman–Crippen LogP) is 2.62. The number of nitrogens with zero attached hydrogens (tertiary/aromatic N) is 2. The van der Waals surface area contributed by atoms with Crippen LogP contribution in [0.3, 0.4) is 0 Å². The number of aliphatic carboxylic acids is 1. The number of aromatic nitrogens is 1. The monoisotopic (exact) mass is 322 g/mol. The number of carboxylic acid groups (broad SMARTS) is 1. The van der Waals surface area contributed by atoms with E-state index < -0.39 is 23.7 Å². The van der Waals surface area contributed by atoms with Crippen LogP contribution in [0.25, 0.3) is 0 Å². The van der Waals surface area contributed by atoms with Gasteiger partial charge in [-0.1, -0.05) is 0 Å². The third kappa shape index (κ3) is 4.34. The number of hydrogen-bond donors (Lipinski definition) is 1. The maximum absolute atomic E-state index is 12.5. The first kappa shape index (κ1) is 17.1. The maximum atomic E-state index is 12.5. The molecule has 1 fully saturated rings. The number of rotatable bonds is 5. The third-order valence-electron chi connectivity index (χ3n) is 3.34. The summed E-state index contributed by atoms with van der Waals surface area (Å²) >= 11 is 0. The predicted molar refractivity (Wildman–Crippen MR) is 82.3 cm³/mol. The van der Waals surface area contributed by atoms with Gasteiger partial charge in [-0.05, 0) is 39.7 Å². The molecule has 1 aromatic rings. The van der Waals surface area contributed by atoms with Crippen LogP contribution in [0, 0.1) is 0 Å². The lowest BCUT2D eigenvalue weighted by atomic mass is 10.1. The zero-order valence-corrected chi connectivity index (χ0v) is 13.8. The van der Waals surface area contributed by atoms with E-state index in [0.717, 1.165) is 12.8 Å². The van der Waals surface area contributed by atoms with E-state index in [9.17, 15) is 14.7 Å².